The minimum Gasteiger partial charge on any atom is -0.493 e. The van der Waals surface area contributed by atoms with Crippen LogP contribution in [0.2, 0.25) is 0 Å². The molecule has 0 heterocycles. The van der Waals surface area contributed by atoms with Gasteiger partial charge in [-0.05, 0) is 30.9 Å². The lowest BCUT2D eigenvalue weighted by Gasteiger charge is -2.29. The number of alkyl halides is 1. The van der Waals surface area contributed by atoms with Crippen LogP contribution in [0.25, 0.3) is 0 Å². The first-order valence-electron chi connectivity index (χ1n) is 6.61. The van der Waals surface area contributed by atoms with E-state index in [9.17, 15) is 10.1 Å². The number of ether oxygens (including phenoxy) is 1. The van der Waals surface area contributed by atoms with Gasteiger partial charge in [-0.1, -0.05) is 36.7 Å². The summed E-state index contributed by atoms with van der Waals surface area (Å²) < 4.78 is 5.83. The van der Waals surface area contributed by atoms with Crippen LogP contribution in [0.5, 0.6) is 5.75 Å². The number of nitro groups is 1. The first-order chi connectivity index (χ1) is 9.16. The molecule has 0 aliphatic heterocycles. The average Bonchev–Trinajstić information content (AvgIpc) is 2.30. The summed E-state index contributed by atoms with van der Waals surface area (Å²) in [6, 6.07) is 3.33. The molecule has 0 amide bonds. The van der Waals surface area contributed by atoms with Crippen molar-refractivity contribution >= 4 is 21.6 Å². The second-order valence-electron chi connectivity index (χ2n) is 6.19. The summed E-state index contributed by atoms with van der Waals surface area (Å²) in [5.41, 5.74) is 1.81. The summed E-state index contributed by atoms with van der Waals surface area (Å²) >= 11 is 3.50. The van der Waals surface area contributed by atoms with Crippen molar-refractivity contribution in [2.45, 2.75) is 34.6 Å². The Labute approximate surface area is 128 Å². The molecule has 0 aliphatic carbocycles. The number of halogens is 1. The van der Waals surface area contributed by atoms with Gasteiger partial charge in [0.2, 0.25) is 0 Å². The van der Waals surface area contributed by atoms with Crippen molar-refractivity contribution in [2.24, 2.45) is 11.3 Å². The van der Waals surface area contributed by atoms with E-state index in [1.165, 1.54) is 6.07 Å². The van der Waals surface area contributed by atoms with Gasteiger partial charge < -0.3 is 4.74 Å². The van der Waals surface area contributed by atoms with Crippen LogP contribution in [0.1, 0.15) is 31.9 Å². The van der Waals surface area contributed by atoms with Crippen LogP contribution in [0.15, 0.2) is 12.1 Å². The number of nitro benzene ring substituents is 1. The summed E-state index contributed by atoms with van der Waals surface area (Å²) in [6.45, 7) is 10.7. The lowest BCUT2D eigenvalue weighted by molar-refractivity contribution is -0.385. The van der Waals surface area contributed by atoms with E-state index in [0.29, 0.717) is 23.8 Å². The molecule has 1 unspecified atom stereocenters. The standard InChI is InChI=1S/C15H22BrNO3/c1-10-6-11(2)14(7-13(10)17(18)19)20-9-12(8-16)15(3,4)5/h6-7,12H,8-9H2,1-5H3. The molecule has 112 valence electrons. The van der Waals surface area contributed by atoms with Crippen molar-refractivity contribution in [1.29, 1.82) is 0 Å². The zero-order valence-electron chi connectivity index (χ0n) is 12.7. The van der Waals surface area contributed by atoms with E-state index in [-0.39, 0.29) is 16.0 Å². The fourth-order valence-electron chi connectivity index (χ4n) is 1.89. The minimum absolute atomic E-state index is 0.108. The molecule has 0 radical (unpaired) electrons. The summed E-state index contributed by atoms with van der Waals surface area (Å²) in [6.07, 6.45) is 0. The van der Waals surface area contributed by atoms with E-state index >= 15 is 0 Å². The fourth-order valence-corrected chi connectivity index (χ4v) is 3.05. The van der Waals surface area contributed by atoms with Crippen molar-refractivity contribution in [1.82, 2.24) is 0 Å². The third kappa shape index (κ3) is 4.20. The number of nitrogens with zero attached hydrogens (tertiary/aromatic N) is 1. The van der Waals surface area contributed by atoms with Gasteiger partial charge in [-0.25, -0.2) is 0 Å². The van der Waals surface area contributed by atoms with Crippen LogP contribution in [0.4, 0.5) is 5.69 Å². The molecule has 5 heteroatoms. The van der Waals surface area contributed by atoms with Gasteiger partial charge in [0.25, 0.3) is 5.69 Å². The van der Waals surface area contributed by atoms with E-state index < -0.39 is 0 Å². The number of aryl methyl sites for hydroxylation is 2. The zero-order valence-corrected chi connectivity index (χ0v) is 14.3. The molecule has 0 bridgehead atoms. The molecule has 1 atom stereocenters. The Kier molecular flexibility index (Phi) is 5.57. The Bertz CT molecular complexity index is 495. The molecule has 0 saturated carbocycles. The molecule has 1 aromatic carbocycles. The molecule has 4 nitrogen and oxygen atoms in total. The Hall–Kier alpha value is -1.10. The number of hydrogen-bond donors (Lipinski definition) is 0. The lowest BCUT2D eigenvalue weighted by atomic mass is 9.83. The van der Waals surface area contributed by atoms with Crippen molar-refractivity contribution in [3.63, 3.8) is 0 Å². The predicted molar refractivity (Wildman–Crippen MR) is 84.8 cm³/mol. The molecular formula is C15H22BrNO3. The van der Waals surface area contributed by atoms with Gasteiger partial charge in [0.1, 0.15) is 5.75 Å². The monoisotopic (exact) mass is 343 g/mol. The quantitative estimate of drug-likeness (QED) is 0.444. The van der Waals surface area contributed by atoms with Crippen molar-refractivity contribution < 1.29 is 9.66 Å². The second kappa shape index (κ2) is 6.57. The normalized spacial score (nSPS) is 13.1. The van der Waals surface area contributed by atoms with Gasteiger partial charge in [-0.15, -0.1) is 0 Å². The highest BCUT2D eigenvalue weighted by molar-refractivity contribution is 9.09. The van der Waals surface area contributed by atoms with Crippen LogP contribution in [-0.4, -0.2) is 16.9 Å². The highest BCUT2D eigenvalue weighted by Crippen LogP contribution is 2.31. The van der Waals surface area contributed by atoms with E-state index in [2.05, 4.69) is 36.7 Å². The zero-order chi connectivity index (χ0) is 15.5. The molecule has 0 saturated heterocycles. The summed E-state index contributed by atoms with van der Waals surface area (Å²) in [5, 5.41) is 11.8. The maximum absolute atomic E-state index is 11.0. The summed E-state index contributed by atoms with van der Waals surface area (Å²) in [5.74, 6) is 0.930. The predicted octanol–water partition coefficient (Wildman–Crippen LogP) is 4.65. The van der Waals surface area contributed by atoms with Crippen molar-refractivity contribution in [3.8, 4) is 5.75 Å². The van der Waals surface area contributed by atoms with Crippen LogP contribution in [0.3, 0.4) is 0 Å². The maximum atomic E-state index is 11.0. The van der Waals surface area contributed by atoms with Crippen molar-refractivity contribution in [3.05, 3.63) is 33.4 Å². The highest BCUT2D eigenvalue weighted by Gasteiger charge is 2.25. The van der Waals surface area contributed by atoms with Crippen LogP contribution >= 0.6 is 15.9 Å². The Morgan fingerprint density at radius 1 is 1.30 bits per heavy atom. The lowest BCUT2D eigenvalue weighted by Crippen LogP contribution is -2.28. The van der Waals surface area contributed by atoms with E-state index in [4.69, 9.17) is 4.74 Å². The SMILES string of the molecule is Cc1cc(C)c([N+](=O)[O-])cc1OCC(CBr)C(C)(C)C. The largest absolute Gasteiger partial charge is 0.493 e. The molecule has 1 rings (SSSR count). The number of rotatable bonds is 5. The Morgan fingerprint density at radius 2 is 1.90 bits per heavy atom. The maximum Gasteiger partial charge on any atom is 0.276 e. The van der Waals surface area contributed by atoms with E-state index in [0.717, 1.165) is 10.9 Å². The van der Waals surface area contributed by atoms with E-state index in [1.807, 2.05) is 6.92 Å². The Balaban J connectivity index is 2.93. The molecule has 1 aromatic rings. The minimum atomic E-state index is -0.368. The molecule has 20 heavy (non-hydrogen) atoms. The third-order valence-electron chi connectivity index (χ3n) is 3.54. The molecule has 0 aliphatic rings. The topological polar surface area (TPSA) is 52.4 Å². The average molecular weight is 344 g/mol. The molecule has 0 fully saturated rings. The first-order valence-corrected chi connectivity index (χ1v) is 7.73. The number of hydrogen-bond acceptors (Lipinski definition) is 3. The summed E-state index contributed by atoms with van der Waals surface area (Å²) in [4.78, 5) is 10.6. The van der Waals surface area contributed by atoms with Gasteiger partial charge in [-0.3, -0.25) is 10.1 Å². The molecular weight excluding hydrogens is 322 g/mol. The third-order valence-corrected chi connectivity index (χ3v) is 4.32. The van der Waals surface area contributed by atoms with Gasteiger partial charge in [0, 0.05) is 16.8 Å². The van der Waals surface area contributed by atoms with E-state index in [1.54, 1.807) is 13.0 Å². The van der Waals surface area contributed by atoms with Crippen molar-refractivity contribution in [2.75, 3.05) is 11.9 Å². The molecule has 0 spiro atoms. The first kappa shape index (κ1) is 17.0. The smallest absolute Gasteiger partial charge is 0.276 e. The van der Waals surface area contributed by atoms with Gasteiger partial charge in [-0.2, -0.15) is 0 Å². The second-order valence-corrected chi connectivity index (χ2v) is 6.84. The highest BCUT2D eigenvalue weighted by atomic mass is 79.9. The van der Waals surface area contributed by atoms with Crippen LogP contribution in [0, 0.1) is 35.3 Å². The van der Waals surface area contributed by atoms with Crippen LogP contribution in [-0.2, 0) is 0 Å². The molecule has 0 aromatic heterocycles. The van der Waals surface area contributed by atoms with Gasteiger partial charge in [0.05, 0.1) is 17.6 Å². The van der Waals surface area contributed by atoms with Gasteiger partial charge >= 0.3 is 0 Å². The van der Waals surface area contributed by atoms with Crippen LogP contribution < -0.4 is 4.74 Å². The summed E-state index contributed by atoms with van der Waals surface area (Å²) in [7, 11) is 0. The Morgan fingerprint density at radius 3 is 2.35 bits per heavy atom. The fraction of sp³-hybridized carbons (Fsp3) is 0.600. The van der Waals surface area contributed by atoms with Gasteiger partial charge in [0.15, 0.2) is 0 Å². The number of benzene rings is 1. The molecule has 0 N–H and O–H groups in total.